The first-order chi connectivity index (χ1) is 13.6. The number of hydrogen-bond donors (Lipinski definition) is 0. The maximum absolute atomic E-state index is 12.8. The van der Waals surface area contributed by atoms with Crippen molar-refractivity contribution in [3.05, 3.63) is 45.6 Å². The van der Waals surface area contributed by atoms with E-state index in [1.54, 1.807) is 36.1 Å². The van der Waals surface area contributed by atoms with Gasteiger partial charge in [0.25, 0.3) is 11.8 Å². The van der Waals surface area contributed by atoms with Crippen LogP contribution in [0.15, 0.2) is 29.0 Å². The summed E-state index contributed by atoms with van der Waals surface area (Å²) in [6.45, 7) is 0. The second kappa shape index (κ2) is 7.64. The van der Waals surface area contributed by atoms with Gasteiger partial charge in [-0.25, -0.2) is 0 Å². The zero-order valence-electron chi connectivity index (χ0n) is 15.5. The number of methoxy groups -OCH3 is 1. The largest absolute Gasteiger partial charge is 0.493 e. The number of carbonyl (C=O) groups excluding carboxylic acids is 2. The quantitative estimate of drug-likeness (QED) is 0.679. The Morgan fingerprint density at radius 1 is 1.18 bits per heavy atom. The molecule has 144 valence electrons. The summed E-state index contributed by atoms with van der Waals surface area (Å²) in [4.78, 5) is 26.8. The van der Waals surface area contributed by atoms with Crippen LogP contribution < -0.4 is 9.47 Å². The van der Waals surface area contributed by atoms with Gasteiger partial charge in [-0.15, -0.1) is 0 Å². The van der Waals surface area contributed by atoms with Crippen LogP contribution in [0.25, 0.3) is 0 Å². The first kappa shape index (κ1) is 18.5. The van der Waals surface area contributed by atoms with Crippen molar-refractivity contribution in [1.29, 1.82) is 5.26 Å². The van der Waals surface area contributed by atoms with E-state index in [0.717, 1.165) is 25.7 Å². The Morgan fingerprint density at radius 2 is 1.86 bits per heavy atom. The monoisotopic (exact) mass is 396 g/mol. The van der Waals surface area contributed by atoms with Crippen LogP contribution in [0.5, 0.6) is 11.5 Å². The summed E-state index contributed by atoms with van der Waals surface area (Å²) in [5.74, 6) is 0.485. The predicted molar refractivity (Wildman–Crippen MR) is 104 cm³/mol. The molecule has 4 rings (SSSR count). The first-order valence-electron chi connectivity index (χ1n) is 9.29. The van der Waals surface area contributed by atoms with Gasteiger partial charge in [0.05, 0.1) is 42.9 Å². The Kier molecular flexibility index (Phi) is 5.05. The molecule has 1 aliphatic heterocycles. The fourth-order valence-corrected chi connectivity index (χ4v) is 4.68. The molecule has 0 spiro atoms. The second-order valence-corrected chi connectivity index (χ2v) is 7.74. The Balaban J connectivity index is 1.68. The predicted octanol–water partition coefficient (Wildman–Crippen LogP) is 4.33. The van der Waals surface area contributed by atoms with Crippen molar-refractivity contribution in [3.8, 4) is 17.6 Å². The molecular weight excluding hydrogens is 376 g/mol. The van der Waals surface area contributed by atoms with Crippen LogP contribution in [-0.2, 0) is 0 Å². The Morgan fingerprint density at radius 3 is 2.46 bits per heavy atom. The molecule has 1 saturated carbocycles. The first-order valence-corrected chi connectivity index (χ1v) is 10.2. The normalized spacial score (nSPS) is 17.5. The summed E-state index contributed by atoms with van der Waals surface area (Å²) in [6.07, 6.45) is 4.43. The van der Waals surface area contributed by atoms with Crippen LogP contribution in [0.1, 0.15) is 64.4 Å². The van der Waals surface area contributed by atoms with Crippen molar-refractivity contribution in [2.45, 2.75) is 44.2 Å². The molecule has 0 radical (unpaired) electrons. The number of amides is 2. The molecule has 2 aliphatic rings. The highest BCUT2D eigenvalue weighted by Crippen LogP contribution is 2.39. The van der Waals surface area contributed by atoms with E-state index < -0.39 is 6.04 Å². The van der Waals surface area contributed by atoms with Crippen molar-refractivity contribution in [2.75, 3.05) is 7.11 Å². The topological polar surface area (TPSA) is 79.6 Å². The summed E-state index contributed by atoms with van der Waals surface area (Å²) in [5.41, 5.74) is 1.51. The minimum absolute atomic E-state index is 0.0143. The highest BCUT2D eigenvalue weighted by Gasteiger charge is 2.41. The van der Waals surface area contributed by atoms with Gasteiger partial charge in [-0.05, 0) is 43.4 Å². The van der Waals surface area contributed by atoms with Gasteiger partial charge in [0.15, 0.2) is 11.5 Å². The lowest BCUT2D eigenvalue weighted by Gasteiger charge is -2.26. The van der Waals surface area contributed by atoms with E-state index >= 15 is 0 Å². The molecule has 0 saturated heterocycles. The van der Waals surface area contributed by atoms with Crippen LogP contribution in [0.2, 0.25) is 0 Å². The van der Waals surface area contributed by atoms with Crippen molar-refractivity contribution >= 4 is 23.2 Å². The molecule has 1 aromatic carbocycles. The minimum Gasteiger partial charge on any atom is -0.493 e. The second-order valence-electron chi connectivity index (χ2n) is 6.99. The van der Waals surface area contributed by atoms with E-state index in [1.807, 2.05) is 0 Å². The summed E-state index contributed by atoms with van der Waals surface area (Å²) >= 11 is 1.33. The lowest BCUT2D eigenvalue weighted by Crippen LogP contribution is -2.34. The van der Waals surface area contributed by atoms with Gasteiger partial charge in [0, 0.05) is 10.8 Å². The Labute approximate surface area is 167 Å². The molecule has 1 unspecified atom stereocenters. The van der Waals surface area contributed by atoms with E-state index in [4.69, 9.17) is 9.47 Å². The maximum atomic E-state index is 12.8. The number of nitrogens with zero attached hydrogens (tertiary/aromatic N) is 2. The number of rotatable bonds is 6. The van der Waals surface area contributed by atoms with Crippen molar-refractivity contribution in [1.82, 2.24) is 4.90 Å². The average Bonchev–Trinajstić information content (AvgIpc) is 3.42. The van der Waals surface area contributed by atoms with Crippen molar-refractivity contribution < 1.29 is 19.1 Å². The van der Waals surface area contributed by atoms with Gasteiger partial charge >= 0.3 is 0 Å². The van der Waals surface area contributed by atoms with E-state index in [2.05, 4.69) is 6.07 Å². The van der Waals surface area contributed by atoms with Crippen LogP contribution in [0.3, 0.4) is 0 Å². The van der Waals surface area contributed by atoms with E-state index in [1.165, 1.54) is 16.2 Å². The van der Waals surface area contributed by atoms with Gasteiger partial charge in [-0.3, -0.25) is 14.5 Å². The number of benzene rings is 1. The molecule has 2 aromatic rings. The highest BCUT2D eigenvalue weighted by atomic mass is 32.1. The standard InChI is InChI=1S/C21H20N2O4S/c1-26-18-7-6-13(10-19(18)27-14-4-2-3-5-14)17(8-9-22)23-20(24)15-11-28-12-16(15)21(23)25/h6-7,10-12,14,17H,2-5,8H2,1H3. The number of thiophene rings is 1. The molecule has 2 heterocycles. The van der Waals surface area contributed by atoms with E-state index in [9.17, 15) is 14.9 Å². The van der Waals surface area contributed by atoms with Crippen molar-refractivity contribution in [3.63, 3.8) is 0 Å². The summed E-state index contributed by atoms with van der Waals surface area (Å²) in [5, 5.41) is 12.7. The van der Waals surface area contributed by atoms with Crippen molar-refractivity contribution in [2.24, 2.45) is 0 Å². The fraction of sp³-hybridized carbons (Fsp3) is 0.381. The number of carbonyl (C=O) groups is 2. The lowest BCUT2D eigenvalue weighted by molar-refractivity contribution is 0.0584. The number of nitriles is 1. The zero-order chi connectivity index (χ0) is 19.7. The zero-order valence-corrected chi connectivity index (χ0v) is 16.3. The molecule has 1 atom stereocenters. The molecule has 1 aliphatic carbocycles. The Hall–Kier alpha value is -2.85. The smallest absolute Gasteiger partial charge is 0.263 e. The van der Waals surface area contributed by atoms with Gasteiger partial charge in [-0.1, -0.05) is 6.07 Å². The number of fused-ring (bicyclic) bond motifs is 1. The third-order valence-corrected chi connectivity index (χ3v) is 6.07. The van der Waals surface area contributed by atoms with Crippen LogP contribution >= 0.6 is 11.3 Å². The number of hydrogen-bond acceptors (Lipinski definition) is 6. The van der Waals surface area contributed by atoms with Gasteiger partial charge in [0.1, 0.15) is 0 Å². The highest BCUT2D eigenvalue weighted by molar-refractivity contribution is 7.08. The summed E-state index contributed by atoms with van der Waals surface area (Å²) < 4.78 is 11.6. The maximum Gasteiger partial charge on any atom is 0.263 e. The summed E-state index contributed by atoms with van der Waals surface area (Å²) in [7, 11) is 1.58. The molecule has 7 heteroatoms. The molecule has 0 bridgehead atoms. The molecule has 28 heavy (non-hydrogen) atoms. The van der Waals surface area contributed by atoms with Crippen LogP contribution in [0.4, 0.5) is 0 Å². The lowest BCUT2D eigenvalue weighted by atomic mass is 10.0. The van der Waals surface area contributed by atoms with Gasteiger partial charge < -0.3 is 9.47 Å². The molecule has 1 fully saturated rings. The Bertz CT molecular complexity index is 925. The summed E-state index contributed by atoms with van der Waals surface area (Å²) in [6, 6.07) is 6.79. The number of imide groups is 1. The average molecular weight is 396 g/mol. The number of ether oxygens (including phenoxy) is 2. The molecule has 2 amide bonds. The van der Waals surface area contributed by atoms with Gasteiger partial charge in [-0.2, -0.15) is 16.6 Å². The van der Waals surface area contributed by atoms with Crippen LogP contribution in [-0.4, -0.2) is 29.9 Å². The fourth-order valence-electron chi connectivity index (χ4n) is 3.89. The SMILES string of the molecule is COc1ccc(C(CC#N)N2C(=O)c3cscc3C2=O)cc1OC1CCCC1. The molecular formula is C21H20N2O4S. The third kappa shape index (κ3) is 3.14. The molecule has 6 nitrogen and oxygen atoms in total. The van der Waals surface area contributed by atoms with E-state index in [-0.39, 0.29) is 24.3 Å². The third-order valence-electron chi connectivity index (χ3n) is 5.32. The molecule has 1 aromatic heterocycles. The van der Waals surface area contributed by atoms with Crippen LogP contribution in [0, 0.1) is 11.3 Å². The van der Waals surface area contributed by atoms with E-state index in [0.29, 0.717) is 28.2 Å². The minimum atomic E-state index is -0.667. The molecule has 0 N–H and O–H groups in total. The van der Waals surface area contributed by atoms with Gasteiger partial charge in [0.2, 0.25) is 0 Å².